The third-order valence-electron chi connectivity index (χ3n) is 1.48. The molecule has 0 aromatic rings. The second-order valence-electron chi connectivity index (χ2n) is 3.64. The Morgan fingerprint density at radius 3 is 1.88 bits per heavy atom. The summed E-state index contributed by atoms with van der Waals surface area (Å²) in [7, 11) is 0. The van der Waals surface area contributed by atoms with E-state index < -0.39 is 18.0 Å². The SMILES string of the molecule is C=C(C)C(=O)O.C=C(C)C(=O)OCCC(C)O. The highest BCUT2D eigenvalue weighted by Gasteiger charge is 2.03. The molecule has 0 saturated heterocycles. The molecule has 0 aliphatic carbocycles. The van der Waals surface area contributed by atoms with Crippen LogP contribution in [0.4, 0.5) is 0 Å². The number of carbonyl (C=O) groups is 2. The molecule has 0 rings (SSSR count). The highest BCUT2D eigenvalue weighted by Crippen LogP contribution is 1.95. The van der Waals surface area contributed by atoms with E-state index >= 15 is 0 Å². The van der Waals surface area contributed by atoms with Gasteiger partial charge in [-0.05, 0) is 20.8 Å². The van der Waals surface area contributed by atoms with Gasteiger partial charge in [0, 0.05) is 17.6 Å². The number of carboxylic acid groups (broad SMARTS) is 1. The zero-order valence-corrected chi connectivity index (χ0v) is 10.5. The van der Waals surface area contributed by atoms with Crippen molar-refractivity contribution in [3.8, 4) is 0 Å². The van der Waals surface area contributed by atoms with Crippen LogP contribution < -0.4 is 0 Å². The lowest BCUT2D eigenvalue weighted by molar-refractivity contribution is -0.139. The molecule has 0 radical (unpaired) electrons. The largest absolute Gasteiger partial charge is 0.478 e. The van der Waals surface area contributed by atoms with Crippen molar-refractivity contribution in [2.24, 2.45) is 0 Å². The van der Waals surface area contributed by atoms with E-state index in [-0.39, 0.29) is 12.2 Å². The average Bonchev–Trinajstić information content (AvgIpc) is 2.17. The predicted molar refractivity (Wildman–Crippen MR) is 64.5 cm³/mol. The van der Waals surface area contributed by atoms with E-state index in [1.165, 1.54) is 6.92 Å². The maximum atomic E-state index is 10.7. The molecule has 5 nitrogen and oxygen atoms in total. The number of carbonyl (C=O) groups excluding carboxylic acids is 1. The minimum atomic E-state index is -0.935. The molecule has 1 unspecified atom stereocenters. The lowest BCUT2D eigenvalue weighted by Gasteiger charge is -2.05. The Labute approximate surface area is 101 Å². The minimum Gasteiger partial charge on any atom is -0.478 e. The first-order valence-electron chi connectivity index (χ1n) is 5.08. The molecule has 0 amide bonds. The molecule has 0 spiro atoms. The van der Waals surface area contributed by atoms with Crippen molar-refractivity contribution in [3.63, 3.8) is 0 Å². The van der Waals surface area contributed by atoms with Gasteiger partial charge in [-0.25, -0.2) is 9.59 Å². The molecule has 98 valence electrons. The Hall–Kier alpha value is -1.62. The molecule has 0 saturated carbocycles. The third-order valence-corrected chi connectivity index (χ3v) is 1.48. The fourth-order valence-electron chi connectivity index (χ4n) is 0.445. The van der Waals surface area contributed by atoms with Crippen LogP contribution in [0.3, 0.4) is 0 Å². The van der Waals surface area contributed by atoms with Gasteiger partial charge in [-0.3, -0.25) is 0 Å². The summed E-state index contributed by atoms with van der Waals surface area (Å²) < 4.78 is 4.72. The molecule has 0 aliphatic heterocycles. The summed E-state index contributed by atoms with van der Waals surface area (Å²) in [6.45, 7) is 11.5. The van der Waals surface area contributed by atoms with Crippen molar-refractivity contribution in [1.29, 1.82) is 0 Å². The number of ether oxygens (including phenoxy) is 1. The third kappa shape index (κ3) is 14.4. The van der Waals surface area contributed by atoms with Crippen LogP contribution in [0.15, 0.2) is 24.3 Å². The van der Waals surface area contributed by atoms with Gasteiger partial charge in [0.1, 0.15) is 0 Å². The standard InChI is InChI=1S/C8H14O3.C4H6O2/c1-6(2)8(10)11-5-4-7(3)9;1-3(2)4(5)6/h7,9H,1,4-5H2,2-3H3;1H2,2H3,(H,5,6). The van der Waals surface area contributed by atoms with Crippen LogP contribution in [-0.2, 0) is 14.3 Å². The van der Waals surface area contributed by atoms with Gasteiger partial charge < -0.3 is 14.9 Å². The maximum Gasteiger partial charge on any atom is 0.333 e. The van der Waals surface area contributed by atoms with Gasteiger partial charge in [-0.15, -0.1) is 0 Å². The molecular weight excluding hydrogens is 224 g/mol. The molecule has 17 heavy (non-hydrogen) atoms. The topological polar surface area (TPSA) is 83.8 Å². The molecule has 5 heteroatoms. The Balaban J connectivity index is 0. The molecule has 0 heterocycles. The number of esters is 1. The van der Waals surface area contributed by atoms with E-state index in [2.05, 4.69) is 13.2 Å². The number of aliphatic hydroxyl groups excluding tert-OH is 1. The first-order valence-corrected chi connectivity index (χ1v) is 5.08. The normalized spacial score (nSPS) is 10.6. The van der Waals surface area contributed by atoms with Crippen molar-refractivity contribution in [2.45, 2.75) is 33.3 Å². The average molecular weight is 244 g/mol. The Morgan fingerprint density at radius 2 is 1.65 bits per heavy atom. The van der Waals surface area contributed by atoms with Gasteiger partial charge in [0.2, 0.25) is 0 Å². The van der Waals surface area contributed by atoms with Gasteiger partial charge in [-0.2, -0.15) is 0 Å². The molecule has 0 aromatic heterocycles. The minimum absolute atomic E-state index is 0.176. The number of aliphatic hydroxyl groups is 1. The van der Waals surface area contributed by atoms with Crippen LogP contribution >= 0.6 is 0 Å². The number of rotatable bonds is 5. The lowest BCUT2D eigenvalue weighted by atomic mass is 10.3. The fraction of sp³-hybridized carbons (Fsp3) is 0.500. The van der Waals surface area contributed by atoms with Gasteiger partial charge in [-0.1, -0.05) is 13.2 Å². The van der Waals surface area contributed by atoms with E-state index in [9.17, 15) is 9.59 Å². The van der Waals surface area contributed by atoms with Crippen molar-refractivity contribution in [1.82, 2.24) is 0 Å². The zero-order valence-electron chi connectivity index (χ0n) is 10.5. The maximum absolute atomic E-state index is 10.7. The van der Waals surface area contributed by atoms with Crippen molar-refractivity contribution < 1.29 is 24.5 Å². The van der Waals surface area contributed by atoms with Crippen molar-refractivity contribution >= 4 is 11.9 Å². The summed E-state index contributed by atoms with van der Waals surface area (Å²) in [6.07, 6.45) is 0.0480. The smallest absolute Gasteiger partial charge is 0.333 e. The number of hydrogen-bond donors (Lipinski definition) is 2. The molecule has 0 aliphatic rings. The highest BCUT2D eigenvalue weighted by molar-refractivity contribution is 5.86. The summed E-state index contributed by atoms with van der Waals surface area (Å²) in [6, 6.07) is 0. The molecule has 0 bridgehead atoms. The molecule has 0 fully saturated rings. The first-order chi connectivity index (χ1) is 7.68. The predicted octanol–water partition coefficient (Wildman–Crippen LogP) is 1.52. The van der Waals surface area contributed by atoms with Crippen LogP contribution in [0.5, 0.6) is 0 Å². The van der Waals surface area contributed by atoms with Crippen LogP contribution in [0.1, 0.15) is 27.2 Å². The summed E-state index contributed by atoms with van der Waals surface area (Å²) in [5.74, 6) is -1.33. The van der Waals surface area contributed by atoms with Gasteiger partial charge in [0.25, 0.3) is 0 Å². The van der Waals surface area contributed by atoms with Crippen molar-refractivity contribution in [2.75, 3.05) is 6.61 Å². The van der Waals surface area contributed by atoms with E-state index in [0.29, 0.717) is 12.0 Å². The van der Waals surface area contributed by atoms with E-state index in [4.69, 9.17) is 14.9 Å². The number of carboxylic acids is 1. The Bertz CT molecular complexity index is 279. The highest BCUT2D eigenvalue weighted by atomic mass is 16.5. The van der Waals surface area contributed by atoms with E-state index in [0.717, 1.165) is 0 Å². The van der Waals surface area contributed by atoms with E-state index in [1.807, 2.05) is 0 Å². The Kier molecular flexibility index (Phi) is 10.0. The summed E-state index contributed by atoms with van der Waals surface area (Å²) >= 11 is 0. The summed E-state index contributed by atoms with van der Waals surface area (Å²) in [4.78, 5) is 20.3. The quantitative estimate of drug-likeness (QED) is 0.566. The summed E-state index contributed by atoms with van der Waals surface area (Å²) in [5, 5.41) is 16.7. The van der Waals surface area contributed by atoms with Crippen LogP contribution in [0.25, 0.3) is 0 Å². The Morgan fingerprint density at radius 1 is 1.24 bits per heavy atom. The second-order valence-corrected chi connectivity index (χ2v) is 3.64. The number of aliphatic carboxylic acids is 1. The molecule has 2 N–H and O–H groups in total. The molecule has 1 atom stereocenters. The molecular formula is C12H20O5. The second kappa shape index (κ2) is 9.59. The van der Waals surface area contributed by atoms with Crippen LogP contribution in [0.2, 0.25) is 0 Å². The van der Waals surface area contributed by atoms with E-state index in [1.54, 1.807) is 13.8 Å². The van der Waals surface area contributed by atoms with Crippen LogP contribution in [-0.4, -0.2) is 34.9 Å². The summed E-state index contributed by atoms with van der Waals surface area (Å²) in [5.41, 5.74) is 0.561. The van der Waals surface area contributed by atoms with Gasteiger partial charge in [0.15, 0.2) is 0 Å². The zero-order chi connectivity index (χ0) is 14.0. The lowest BCUT2D eigenvalue weighted by Crippen LogP contribution is -2.10. The van der Waals surface area contributed by atoms with Crippen molar-refractivity contribution in [3.05, 3.63) is 24.3 Å². The fourth-order valence-corrected chi connectivity index (χ4v) is 0.445. The van der Waals surface area contributed by atoms with Crippen LogP contribution in [0, 0.1) is 0 Å². The number of hydrogen-bond acceptors (Lipinski definition) is 4. The molecule has 0 aromatic carbocycles. The first kappa shape index (κ1) is 17.8. The monoisotopic (exact) mass is 244 g/mol. The van der Waals surface area contributed by atoms with Gasteiger partial charge >= 0.3 is 11.9 Å². The van der Waals surface area contributed by atoms with Gasteiger partial charge in [0.05, 0.1) is 12.7 Å².